The van der Waals surface area contributed by atoms with Crippen molar-refractivity contribution in [2.24, 2.45) is 0 Å². The third kappa shape index (κ3) is 5.30. The van der Waals surface area contributed by atoms with Crippen LogP contribution in [0.2, 0.25) is 0 Å². The van der Waals surface area contributed by atoms with Crippen LogP contribution in [0.15, 0.2) is 11.7 Å². The lowest BCUT2D eigenvalue weighted by atomic mass is 10.3. The van der Waals surface area contributed by atoms with Gasteiger partial charge in [-0.3, -0.25) is 9.78 Å². The summed E-state index contributed by atoms with van der Waals surface area (Å²) in [4.78, 5) is 26.2. The van der Waals surface area contributed by atoms with Crippen molar-refractivity contribution in [3.63, 3.8) is 0 Å². The van der Waals surface area contributed by atoms with Gasteiger partial charge in [-0.2, -0.15) is 0 Å². The number of urea groups is 1. The van der Waals surface area contributed by atoms with Gasteiger partial charge in [0.05, 0.1) is 12.1 Å². The van der Waals surface area contributed by atoms with E-state index in [1.54, 1.807) is 11.7 Å². The standard InChI is InChI=1S/C9H13N3O3S/c13-8(14)2-1-3-11-9(15)12-5-7-4-10-6-16-7/h4,6H,1-3,5H2,(H,13,14)(H2,11,12,15). The topological polar surface area (TPSA) is 91.3 Å². The van der Waals surface area contributed by atoms with Crippen LogP contribution in [0.1, 0.15) is 17.7 Å². The van der Waals surface area contributed by atoms with Gasteiger partial charge >= 0.3 is 12.0 Å². The molecule has 88 valence electrons. The second-order valence-corrected chi connectivity index (χ2v) is 4.05. The SMILES string of the molecule is O=C(O)CCCNC(=O)NCc1cncs1. The van der Waals surface area contributed by atoms with Gasteiger partial charge in [0.15, 0.2) is 0 Å². The van der Waals surface area contributed by atoms with Crippen LogP contribution in [0.5, 0.6) is 0 Å². The molecule has 3 N–H and O–H groups in total. The van der Waals surface area contributed by atoms with E-state index in [0.29, 0.717) is 19.5 Å². The molecule has 1 heterocycles. The molecule has 7 heteroatoms. The van der Waals surface area contributed by atoms with Gasteiger partial charge in [0.25, 0.3) is 0 Å². The number of nitrogens with one attached hydrogen (secondary N) is 2. The monoisotopic (exact) mass is 243 g/mol. The molecule has 0 aliphatic rings. The molecule has 16 heavy (non-hydrogen) atoms. The Hall–Kier alpha value is -1.63. The van der Waals surface area contributed by atoms with E-state index in [4.69, 9.17) is 5.11 Å². The number of nitrogens with zero attached hydrogens (tertiary/aromatic N) is 1. The van der Waals surface area contributed by atoms with Crippen LogP contribution < -0.4 is 10.6 Å². The van der Waals surface area contributed by atoms with E-state index in [2.05, 4.69) is 15.6 Å². The number of carboxylic acid groups (broad SMARTS) is 1. The number of carbonyl (C=O) groups excluding carboxylic acids is 1. The Bertz CT molecular complexity index is 340. The van der Waals surface area contributed by atoms with Crippen LogP contribution >= 0.6 is 11.3 Å². The third-order valence-electron chi connectivity index (χ3n) is 1.76. The van der Waals surface area contributed by atoms with Crippen molar-refractivity contribution in [1.29, 1.82) is 0 Å². The van der Waals surface area contributed by atoms with E-state index >= 15 is 0 Å². The summed E-state index contributed by atoms with van der Waals surface area (Å²) in [6.07, 6.45) is 2.19. The third-order valence-corrected chi connectivity index (χ3v) is 2.54. The zero-order valence-corrected chi connectivity index (χ0v) is 9.42. The highest BCUT2D eigenvalue weighted by molar-refractivity contribution is 7.09. The van der Waals surface area contributed by atoms with E-state index in [1.807, 2.05) is 0 Å². The van der Waals surface area contributed by atoms with Crippen molar-refractivity contribution in [3.05, 3.63) is 16.6 Å². The van der Waals surface area contributed by atoms with E-state index in [9.17, 15) is 9.59 Å². The Balaban J connectivity index is 2.05. The first-order chi connectivity index (χ1) is 7.68. The lowest BCUT2D eigenvalue weighted by Gasteiger charge is -2.05. The van der Waals surface area contributed by atoms with Crippen molar-refractivity contribution < 1.29 is 14.7 Å². The molecule has 6 nitrogen and oxygen atoms in total. The minimum absolute atomic E-state index is 0.0646. The van der Waals surface area contributed by atoms with Gasteiger partial charge in [-0.25, -0.2) is 4.79 Å². The highest BCUT2D eigenvalue weighted by Crippen LogP contribution is 2.03. The predicted octanol–water partition coefficient (Wildman–Crippen LogP) is 0.807. The summed E-state index contributed by atoms with van der Waals surface area (Å²) in [5.41, 5.74) is 1.70. The Kier molecular flexibility index (Phi) is 5.27. The average molecular weight is 243 g/mol. The van der Waals surface area contributed by atoms with Crippen molar-refractivity contribution in [2.75, 3.05) is 6.54 Å². The number of rotatable bonds is 6. The maximum atomic E-state index is 11.2. The number of carboxylic acids is 1. The first kappa shape index (κ1) is 12.4. The Morgan fingerprint density at radius 3 is 2.88 bits per heavy atom. The highest BCUT2D eigenvalue weighted by Gasteiger charge is 2.01. The number of aromatic nitrogens is 1. The van der Waals surface area contributed by atoms with Crippen LogP contribution in [0.4, 0.5) is 4.79 Å². The number of aliphatic carboxylic acids is 1. The average Bonchev–Trinajstić information content (AvgIpc) is 2.74. The zero-order valence-electron chi connectivity index (χ0n) is 8.60. The van der Waals surface area contributed by atoms with E-state index < -0.39 is 5.97 Å². The van der Waals surface area contributed by atoms with Gasteiger partial charge < -0.3 is 15.7 Å². The molecule has 1 rings (SSSR count). The number of hydrogen-bond acceptors (Lipinski definition) is 4. The van der Waals surface area contributed by atoms with Crippen molar-refractivity contribution in [2.45, 2.75) is 19.4 Å². The minimum atomic E-state index is -0.855. The molecule has 0 saturated heterocycles. The fraction of sp³-hybridized carbons (Fsp3) is 0.444. The maximum absolute atomic E-state index is 11.2. The van der Waals surface area contributed by atoms with E-state index in [1.165, 1.54) is 11.3 Å². The molecule has 0 fully saturated rings. The normalized spacial score (nSPS) is 9.75. The van der Waals surface area contributed by atoms with E-state index in [0.717, 1.165) is 4.88 Å². The second kappa shape index (κ2) is 6.78. The van der Waals surface area contributed by atoms with Crippen LogP contribution in [0.25, 0.3) is 0 Å². The van der Waals surface area contributed by atoms with Gasteiger partial charge in [-0.1, -0.05) is 0 Å². The van der Waals surface area contributed by atoms with Crippen LogP contribution in [0, 0.1) is 0 Å². The summed E-state index contributed by atoms with van der Waals surface area (Å²) < 4.78 is 0. The summed E-state index contributed by atoms with van der Waals surface area (Å²) in [7, 11) is 0. The Labute approximate surface area is 96.7 Å². The summed E-state index contributed by atoms with van der Waals surface area (Å²) >= 11 is 1.47. The number of amides is 2. The molecular formula is C9H13N3O3S. The first-order valence-corrected chi connectivity index (χ1v) is 5.67. The van der Waals surface area contributed by atoms with Gasteiger partial charge in [0.1, 0.15) is 0 Å². The molecule has 0 radical (unpaired) electrons. The first-order valence-electron chi connectivity index (χ1n) is 4.79. The quantitative estimate of drug-likeness (QED) is 0.645. The lowest BCUT2D eigenvalue weighted by molar-refractivity contribution is -0.137. The number of hydrogen-bond donors (Lipinski definition) is 3. The molecule has 0 spiro atoms. The highest BCUT2D eigenvalue weighted by atomic mass is 32.1. The molecule has 0 unspecified atom stereocenters. The van der Waals surface area contributed by atoms with Gasteiger partial charge in [-0.15, -0.1) is 11.3 Å². The summed E-state index contributed by atoms with van der Waals surface area (Å²) in [6, 6.07) is -0.293. The Morgan fingerprint density at radius 2 is 2.25 bits per heavy atom. The lowest BCUT2D eigenvalue weighted by Crippen LogP contribution is -2.35. The molecule has 0 bridgehead atoms. The van der Waals surface area contributed by atoms with Crippen LogP contribution in [-0.2, 0) is 11.3 Å². The van der Waals surface area contributed by atoms with Crippen LogP contribution in [0.3, 0.4) is 0 Å². The molecule has 2 amide bonds. The summed E-state index contributed by atoms with van der Waals surface area (Å²) in [5, 5.41) is 13.6. The fourth-order valence-corrected chi connectivity index (χ4v) is 1.54. The molecule has 0 aliphatic heterocycles. The molecule has 1 aromatic rings. The molecule has 1 aromatic heterocycles. The smallest absolute Gasteiger partial charge is 0.315 e. The summed E-state index contributed by atoms with van der Waals surface area (Å²) in [6.45, 7) is 0.802. The molecule has 0 aliphatic carbocycles. The molecule has 0 aromatic carbocycles. The summed E-state index contributed by atoms with van der Waals surface area (Å²) in [5.74, 6) is -0.855. The van der Waals surface area contributed by atoms with Gasteiger partial charge in [0.2, 0.25) is 0 Å². The predicted molar refractivity (Wildman–Crippen MR) is 59.2 cm³/mol. The minimum Gasteiger partial charge on any atom is -0.481 e. The largest absolute Gasteiger partial charge is 0.481 e. The van der Waals surface area contributed by atoms with Crippen LogP contribution in [-0.4, -0.2) is 28.6 Å². The molecule has 0 atom stereocenters. The van der Waals surface area contributed by atoms with Crippen molar-refractivity contribution in [1.82, 2.24) is 15.6 Å². The second-order valence-electron chi connectivity index (χ2n) is 3.07. The Morgan fingerprint density at radius 1 is 1.44 bits per heavy atom. The molecule has 0 saturated carbocycles. The van der Waals surface area contributed by atoms with Gasteiger partial charge in [-0.05, 0) is 6.42 Å². The fourth-order valence-electron chi connectivity index (χ4n) is 1.00. The zero-order chi connectivity index (χ0) is 11.8. The maximum Gasteiger partial charge on any atom is 0.315 e. The number of carbonyl (C=O) groups is 2. The van der Waals surface area contributed by atoms with E-state index in [-0.39, 0.29) is 12.5 Å². The number of thiazole rings is 1. The van der Waals surface area contributed by atoms with Crippen molar-refractivity contribution >= 4 is 23.3 Å². The molecular weight excluding hydrogens is 230 g/mol. The van der Waals surface area contributed by atoms with Gasteiger partial charge in [0, 0.05) is 24.0 Å². The van der Waals surface area contributed by atoms with Crippen molar-refractivity contribution in [3.8, 4) is 0 Å².